The van der Waals surface area contributed by atoms with Crippen molar-refractivity contribution in [2.24, 2.45) is 0 Å². The molecule has 0 bridgehead atoms. The number of nitrogens with zero attached hydrogens (tertiary/aromatic N) is 1. The van der Waals surface area contributed by atoms with Gasteiger partial charge in [-0.25, -0.2) is 8.42 Å². The third kappa shape index (κ3) is 4.71. The Labute approximate surface area is 161 Å². The average molecular weight is 412 g/mol. The SMILES string of the molecule is O=C(Cc1ccc(C(F)(F)F)cc1)Nc1ccc(S(=O)(=O)N2CCCC2)cc1. The van der Waals surface area contributed by atoms with Gasteiger partial charge in [-0.05, 0) is 54.8 Å². The number of amides is 1. The lowest BCUT2D eigenvalue weighted by atomic mass is 10.1. The Balaban J connectivity index is 1.61. The number of carbonyl (C=O) groups excluding carboxylic acids is 1. The summed E-state index contributed by atoms with van der Waals surface area (Å²) in [6.45, 7) is 1.02. The summed E-state index contributed by atoms with van der Waals surface area (Å²) in [7, 11) is -3.52. The predicted octanol–water partition coefficient (Wildman–Crippen LogP) is 3.67. The number of benzene rings is 2. The Bertz CT molecular complexity index is 934. The third-order valence-electron chi connectivity index (χ3n) is 4.49. The van der Waals surface area contributed by atoms with Gasteiger partial charge in [0.25, 0.3) is 0 Å². The van der Waals surface area contributed by atoms with Crippen LogP contribution in [0.4, 0.5) is 18.9 Å². The standard InChI is InChI=1S/C19H19F3N2O3S/c20-19(21,22)15-5-3-14(4-6-15)13-18(25)23-16-7-9-17(10-8-16)28(26,27)24-11-1-2-12-24/h3-10H,1-2,11-13H2,(H,23,25). The lowest BCUT2D eigenvalue weighted by Crippen LogP contribution is -2.27. The Morgan fingerprint density at radius 2 is 1.54 bits per heavy atom. The second-order valence-corrected chi connectivity index (χ2v) is 8.49. The Hall–Kier alpha value is -2.39. The van der Waals surface area contributed by atoms with Gasteiger partial charge in [-0.1, -0.05) is 12.1 Å². The van der Waals surface area contributed by atoms with Crippen molar-refractivity contribution in [1.82, 2.24) is 4.31 Å². The fourth-order valence-electron chi connectivity index (χ4n) is 2.99. The monoisotopic (exact) mass is 412 g/mol. The van der Waals surface area contributed by atoms with Crippen molar-refractivity contribution in [2.45, 2.75) is 30.3 Å². The molecule has 0 aliphatic carbocycles. The molecule has 28 heavy (non-hydrogen) atoms. The van der Waals surface area contributed by atoms with Gasteiger partial charge in [-0.3, -0.25) is 4.79 Å². The molecule has 0 atom stereocenters. The van der Waals surface area contributed by atoms with Crippen LogP contribution in [-0.2, 0) is 27.4 Å². The Kier molecular flexibility index (Phi) is 5.76. The van der Waals surface area contributed by atoms with Crippen LogP contribution in [0.3, 0.4) is 0 Å². The summed E-state index contributed by atoms with van der Waals surface area (Å²) in [6, 6.07) is 10.2. The second kappa shape index (κ2) is 7.92. The molecule has 1 heterocycles. The zero-order chi connectivity index (χ0) is 20.4. The van der Waals surface area contributed by atoms with Crippen LogP contribution in [0.1, 0.15) is 24.0 Å². The van der Waals surface area contributed by atoms with Crippen molar-refractivity contribution in [1.29, 1.82) is 0 Å². The zero-order valence-electron chi connectivity index (χ0n) is 14.9. The van der Waals surface area contributed by atoms with Gasteiger partial charge < -0.3 is 5.32 Å². The van der Waals surface area contributed by atoms with Crippen molar-refractivity contribution >= 4 is 21.6 Å². The lowest BCUT2D eigenvalue weighted by molar-refractivity contribution is -0.137. The van der Waals surface area contributed by atoms with Gasteiger partial charge in [0.1, 0.15) is 0 Å². The van der Waals surface area contributed by atoms with E-state index in [4.69, 9.17) is 0 Å². The molecule has 9 heteroatoms. The third-order valence-corrected chi connectivity index (χ3v) is 6.40. The molecule has 0 spiro atoms. The zero-order valence-corrected chi connectivity index (χ0v) is 15.7. The number of hydrogen-bond donors (Lipinski definition) is 1. The number of hydrogen-bond acceptors (Lipinski definition) is 3. The largest absolute Gasteiger partial charge is 0.416 e. The van der Waals surface area contributed by atoms with Gasteiger partial charge >= 0.3 is 6.18 Å². The first-order valence-corrected chi connectivity index (χ1v) is 10.2. The van der Waals surface area contributed by atoms with Crippen LogP contribution in [0.5, 0.6) is 0 Å². The number of anilines is 1. The van der Waals surface area contributed by atoms with Gasteiger partial charge in [0.15, 0.2) is 0 Å². The van der Waals surface area contributed by atoms with Crippen LogP contribution < -0.4 is 5.32 Å². The highest BCUT2D eigenvalue weighted by molar-refractivity contribution is 7.89. The van der Waals surface area contributed by atoms with Gasteiger partial charge in [0.2, 0.25) is 15.9 Å². The summed E-state index contributed by atoms with van der Waals surface area (Å²) in [6.07, 6.45) is -2.82. The predicted molar refractivity (Wildman–Crippen MR) is 98.2 cm³/mol. The number of nitrogens with one attached hydrogen (secondary N) is 1. The molecule has 1 amide bonds. The molecular weight excluding hydrogens is 393 g/mol. The number of sulfonamides is 1. The molecule has 3 rings (SSSR count). The molecule has 5 nitrogen and oxygen atoms in total. The Morgan fingerprint density at radius 1 is 0.964 bits per heavy atom. The summed E-state index contributed by atoms with van der Waals surface area (Å²) >= 11 is 0. The lowest BCUT2D eigenvalue weighted by Gasteiger charge is -2.15. The Morgan fingerprint density at radius 3 is 2.07 bits per heavy atom. The maximum atomic E-state index is 12.6. The first kappa shape index (κ1) is 20.3. The molecule has 1 aliphatic rings. The van der Waals surface area contributed by atoms with E-state index in [0.717, 1.165) is 25.0 Å². The maximum Gasteiger partial charge on any atom is 0.416 e. The average Bonchev–Trinajstić information content (AvgIpc) is 3.17. The minimum Gasteiger partial charge on any atom is -0.326 e. The van der Waals surface area contributed by atoms with Crippen LogP contribution in [-0.4, -0.2) is 31.7 Å². The quantitative estimate of drug-likeness (QED) is 0.815. The van der Waals surface area contributed by atoms with E-state index >= 15 is 0 Å². The normalized spacial score (nSPS) is 15.5. The summed E-state index contributed by atoms with van der Waals surface area (Å²) in [5.74, 6) is -0.407. The van der Waals surface area contributed by atoms with Gasteiger partial charge in [-0.2, -0.15) is 17.5 Å². The summed E-state index contributed by atoms with van der Waals surface area (Å²) in [5.41, 5.74) is 0.0856. The minimum absolute atomic E-state index is 0.0913. The van der Waals surface area contributed by atoms with Crippen LogP contribution in [0.2, 0.25) is 0 Å². The smallest absolute Gasteiger partial charge is 0.326 e. The van der Waals surface area contributed by atoms with E-state index in [1.165, 1.54) is 40.7 Å². The maximum absolute atomic E-state index is 12.6. The van der Waals surface area contributed by atoms with Crippen LogP contribution in [0.15, 0.2) is 53.4 Å². The van der Waals surface area contributed by atoms with Crippen molar-refractivity contribution in [3.05, 3.63) is 59.7 Å². The molecule has 1 fully saturated rings. The van der Waals surface area contributed by atoms with Gasteiger partial charge in [-0.15, -0.1) is 0 Å². The van der Waals surface area contributed by atoms with E-state index in [1.807, 2.05) is 0 Å². The molecule has 0 saturated carbocycles. The van der Waals surface area contributed by atoms with Gasteiger partial charge in [0.05, 0.1) is 16.9 Å². The fourth-order valence-corrected chi connectivity index (χ4v) is 4.51. The fraction of sp³-hybridized carbons (Fsp3) is 0.316. The minimum atomic E-state index is -4.42. The highest BCUT2D eigenvalue weighted by Crippen LogP contribution is 2.29. The van der Waals surface area contributed by atoms with E-state index in [9.17, 15) is 26.4 Å². The number of alkyl halides is 3. The van der Waals surface area contributed by atoms with E-state index in [0.29, 0.717) is 24.3 Å². The van der Waals surface area contributed by atoms with Crippen LogP contribution >= 0.6 is 0 Å². The summed E-state index contributed by atoms with van der Waals surface area (Å²) < 4.78 is 64.0. The molecule has 2 aromatic carbocycles. The number of rotatable bonds is 5. The van der Waals surface area contributed by atoms with Crippen molar-refractivity contribution < 1.29 is 26.4 Å². The van der Waals surface area contributed by atoms with Crippen molar-refractivity contribution in [3.63, 3.8) is 0 Å². The molecule has 1 saturated heterocycles. The molecule has 0 radical (unpaired) electrons. The van der Waals surface area contributed by atoms with E-state index in [2.05, 4.69) is 5.32 Å². The van der Waals surface area contributed by atoms with E-state index < -0.39 is 27.7 Å². The first-order chi connectivity index (χ1) is 13.2. The van der Waals surface area contributed by atoms with Crippen LogP contribution in [0.25, 0.3) is 0 Å². The van der Waals surface area contributed by atoms with Crippen molar-refractivity contribution in [3.8, 4) is 0 Å². The highest BCUT2D eigenvalue weighted by Gasteiger charge is 2.30. The molecule has 0 unspecified atom stereocenters. The number of carbonyl (C=O) groups is 1. The summed E-state index contributed by atoms with van der Waals surface area (Å²) in [4.78, 5) is 12.3. The molecule has 1 N–H and O–H groups in total. The van der Waals surface area contributed by atoms with Gasteiger partial charge in [0, 0.05) is 18.8 Å². The molecule has 1 aliphatic heterocycles. The molecule has 2 aromatic rings. The van der Waals surface area contributed by atoms with E-state index in [-0.39, 0.29) is 11.3 Å². The first-order valence-electron chi connectivity index (χ1n) is 8.72. The summed E-state index contributed by atoms with van der Waals surface area (Å²) in [5, 5.41) is 2.61. The van der Waals surface area contributed by atoms with E-state index in [1.54, 1.807) is 0 Å². The highest BCUT2D eigenvalue weighted by atomic mass is 32.2. The van der Waals surface area contributed by atoms with Crippen LogP contribution in [0, 0.1) is 0 Å². The molecular formula is C19H19F3N2O3S. The van der Waals surface area contributed by atoms with Crippen molar-refractivity contribution in [2.75, 3.05) is 18.4 Å². The molecule has 150 valence electrons. The number of halogens is 3. The topological polar surface area (TPSA) is 66.5 Å². The molecule has 0 aromatic heterocycles. The second-order valence-electron chi connectivity index (χ2n) is 6.56.